The number of nitro groups is 1. The fourth-order valence-corrected chi connectivity index (χ4v) is 3.99. The Hall–Kier alpha value is -3.65. The summed E-state index contributed by atoms with van der Waals surface area (Å²) >= 11 is 1.51. The summed E-state index contributed by atoms with van der Waals surface area (Å²) < 4.78 is 0. The van der Waals surface area contributed by atoms with Crippen LogP contribution in [-0.4, -0.2) is 20.8 Å². The second-order valence-electron chi connectivity index (χ2n) is 6.54. The molecule has 4 aromatic rings. The smallest absolute Gasteiger partial charge is 0.273 e. The fraction of sp³-hybridized carbons (Fsp3) is 0.0952. The molecule has 1 amide bonds. The largest absolute Gasteiger partial charge is 0.322 e. The molecule has 8 heteroatoms. The Bertz CT molecular complexity index is 1230. The molecule has 4 rings (SSSR count). The number of aryl methyl sites for hydroxylation is 1. The van der Waals surface area contributed by atoms with Gasteiger partial charge in [-0.1, -0.05) is 17.4 Å². The van der Waals surface area contributed by atoms with Crippen LogP contribution in [0.5, 0.6) is 0 Å². The molecule has 0 fully saturated rings. The molecule has 2 heterocycles. The second-order valence-corrected chi connectivity index (χ2v) is 7.51. The number of anilines is 1. The van der Waals surface area contributed by atoms with E-state index in [4.69, 9.17) is 0 Å². The van der Waals surface area contributed by atoms with Crippen LogP contribution in [0.3, 0.4) is 0 Å². The first kappa shape index (κ1) is 18.7. The fourth-order valence-electron chi connectivity index (χ4n) is 3.09. The van der Waals surface area contributed by atoms with Gasteiger partial charge in [-0.3, -0.25) is 14.9 Å². The van der Waals surface area contributed by atoms with Gasteiger partial charge in [-0.15, -0.1) is 0 Å². The van der Waals surface area contributed by atoms with Crippen molar-refractivity contribution in [3.05, 3.63) is 81.5 Å². The van der Waals surface area contributed by atoms with Crippen LogP contribution < -0.4 is 5.32 Å². The molecule has 0 radical (unpaired) electrons. The van der Waals surface area contributed by atoms with Gasteiger partial charge in [-0.2, -0.15) is 0 Å². The SMILES string of the molecule is Cc1cc(-c2nc3cccnc3s2)ccc1NC(=O)c1cccc([N+](=O)[O-])c1C. The van der Waals surface area contributed by atoms with E-state index in [0.29, 0.717) is 11.3 Å². The molecule has 2 aromatic carbocycles. The number of hydrogen-bond donors (Lipinski definition) is 1. The molecule has 2 aromatic heterocycles. The van der Waals surface area contributed by atoms with E-state index in [1.54, 1.807) is 19.2 Å². The lowest BCUT2D eigenvalue weighted by Gasteiger charge is -2.11. The minimum absolute atomic E-state index is 0.0748. The van der Waals surface area contributed by atoms with Gasteiger partial charge in [-0.25, -0.2) is 9.97 Å². The van der Waals surface area contributed by atoms with Crippen LogP contribution in [0.4, 0.5) is 11.4 Å². The van der Waals surface area contributed by atoms with Gasteiger partial charge in [0.1, 0.15) is 15.4 Å². The van der Waals surface area contributed by atoms with E-state index in [2.05, 4.69) is 15.3 Å². The lowest BCUT2D eigenvalue weighted by atomic mass is 10.1. The zero-order valence-corrected chi connectivity index (χ0v) is 16.5. The number of fused-ring (bicyclic) bond motifs is 1. The molecule has 0 saturated heterocycles. The van der Waals surface area contributed by atoms with Gasteiger partial charge in [0.2, 0.25) is 0 Å². The zero-order chi connectivity index (χ0) is 20.5. The van der Waals surface area contributed by atoms with Crippen molar-refractivity contribution in [3.8, 4) is 10.6 Å². The summed E-state index contributed by atoms with van der Waals surface area (Å²) in [6.45, 7) is 3.47. The molecular formula is C21H16N4O3S. The predicted molar refractivity (Wildman–Crippen MR) is 113 cm³/mol. The molecule has 29 heavy (non-hydrogen) atoms. The van der Waals surface area contributed by atoms with Gasteiger partial charge < -0.3 is 5.32 Å². The Balaban J connectivity index is 1.61. The summed E-state index contributed by atoms with van der Waals surface area (Å²) in [6, 6.07) is 13.9. The summed E-state index contributed by atoms with van der Waals surface area (Å²) in [4.78, 5) is 33.1. The highest BCUT2D eigenvalue weighted by Crippen LogP contribution is 2.31. The van der Waals surface area contributed by atoms with Crippen LogP contribution in [0.2, 0.25) is 0 Å². The topological polar surface area (TPSA) is 98.0 Å². The molecule has 0 aliphatic heterocycles. The molecule has 0 aliphatic carbocycles. The van der Waals surface area contributed by atoms with Crippen molar-refractivity contribution in [2.75, 3.05) is 5.32 Å². The molecule has 0 atom stereocenters. The van der Waals surface area contributed by atoms with Gasteiger partial charge in [0.15, 0.2) is 0 Å². The van der Waals surface area contributed by atoms with Gasteiger partial charge >= 0.3 is 0 Å². The maximum absolute atomic E-state index is 12.7. The van der Waals surface area contributed by atoms with Crippen molar-refractivity contribution in [1.82, 2.24) is 9.97 Å². The van der Waals surface area contributed by atoms with Gasteiger partial charge in [0.05, 0.1) is 4.92 Å². The Morgan fingerprint density at radius 2 is 1.97 bits per heavy atom. The Morgan fingerprint density at radius 1 is 1.14 bits per heavy atom. The number of thiazole rings is 1. The van der Waals surface area contributed by atoms with Crippen LogP contribution >= 0.6 is 11.3 Å². The summed E-state index contributed by atoms with van der Waals surface area (Å²) in [5.74, 6) is -0.383. The van der Waals surface area contributed by atoms with Crippen LogP contribution in [0, 0.1) is 24.0 Å². The van der Waals surface area contributed by atoms with Crippen LogP contribution in [0.25, 0.3) is 20.9 Å². The zero-order valence-electron chi connectivity index (χ0n) is 15.7. The summed E-state index contributed by atoms with van der Waals surface area (Å²) in [5.41, 5.74) is 3.84. The van der Waals surface area contributed by atoms with E-state index in [1.165, 1.54) is 23.5 Å². The molecular weight excluding hydrogens is 388 g/mol. The van der Waals surface area contributed by atoms with E-state index < -0.39 is 4.92 Å². The summed E-state index contributed by atoms with van der Waals surface area (Å²) in [7, 11) is 0. The molecule has 0 saturated carbocycles. The monoisotopic (exact) mass is 404 g/mol. The lowest BCUT2D eigenvalue weighted by molar-refractivity contribution is -0.385. The van der Waals surface area contributed by atoms with E-state index >= 15 is 0 Å². The number of nitrogens with zero attached hydrogens (tertiary/aromatic N) is 3. The van der Waals surface area contributed by atoms with Crippen molar-refractivity contribution in [2.45, 2.75) is 13.8 Å². The van der Waals surface area contributed by atoms with Crippen molar-refractivity contribution in [3.63, 3.8) is 0 Å². The molecule has 144 valence electrons. The van der Waals surface area contributed by atoms with Gasteiger partial charge in [0, 0.05) is 34.6 Å². The molecule has 1 N–H and O–H groups in total. The summed E-state index contributed by atoms with van der Waals surface area (Å²) in [5, 5.41) is 14.8. The molecule has 7 nitrogen and oxygen atoms in total. The van der Waals surface area contributed by atoms with Crippen LogP contribution in [-0.2, 0) is 0 Å². The van der Waals surface area contributed by atoms with Crippen molar-refractivity contribution in [2.24, 2.45) is 0 Å². The van der Waals surface area contributed by atoms with Crippen molar-refractivity contribution < 1.29 is 9.72 Å². The number of hydrogen-bond acceptors (Lipinski definition) is 6. The molecule has 0 aliphatic rings. The number of carbonyl (C=O) groups is 1. The third kappa shape index (κ3) is 3.57. The minimum Gasteiger partial charge on any atom is -0.322 e. The Morgan fingerprint density at radius 3 is 2.69 bits per heavy atom. The van der Waals surface area contributed by atoms with Crippen LogP contribution in [0.1, 0.15) is 21.5 Å². The highest BCUT2D eigenvalue weighted by Gasteiger charge is 2.18. The first-order valence-electron chi connectivity index (χ1n) is 8.82. The third-order valence-electron chi connectivity index (χ3n) is 4.63. The minimum atomic E-state index is -0.487. The molecule has 0 bridgehead atoms. The Labute approximate surface area is 170 Å². The van der Waals surface area contributed by atoms with E-state index in [-0.39, 0.29) is 17.2 Å². The van der Waals surface area contributed by atoms with Crippen molar-refractivity contribution in [1.29, 1.82) is 0 Å². The van der Waals surface area contributed by atoms with Crippen molar-refractivity contribution >= 4 is 39.0 Å². The Kier molecular flexibility index (Phi) is 4.77. The average molecular weight is 404 g/mol. The first-order chi connectivity index (χ1) is 13.9. The number of nitro benzene ring substituents is 1. The number of aromatic nitrogens is 2. The number of pyridine rings is 1. The normalized spacial score (nSPS) is 10.8. The van der Waals surface area contributed by atoms with Gasteiger partial charge in [-0.05, 0) is 55.8 Å². The quantitative estimate of drug-likeness (QED) is 0.375. The third-order valence-corrected chi connectivity index (χ3v) is 5.66. The average Bonchev–Trinajstić information content (AvgIpc) is 3.13. The lowest BCUT2D eigenvalue weighted by Crippen LogP contribution is -2.14. The number of amides is 1. The predicted octanol–water partition coefficient (Wildman–Crippen LogP) is 5.14. The number of benzene rings is 2. The highest BCUT2D eigenvalue weighted by atomic mass is 32.1. The standard InChI is InChI=1S/C21H16N4O3S/c1-12-11-14(20-24-17-6-4-10-22-21(17)29-20)8-9-16(12)23-19(26)15-5-3-7-18(13(15)2)25(27)28/h3-11H,1-2H3,(H,23,26). The first-order valence-corrected chi connectivity index (χ1v) is 9.63. The molecule has 0 spiro atoms. The molecule has 0 unspecified atom stereocenters. The van der Waals surface area contributed by atoms with Crippen LogP contribution in [0.15, 0.2) is 54.7 Å². The maximum atomic E-state index is 12.7. The maximum Gasteiger partial charge on any atom is 0.273 e. The van der Waals surface area contributed by atoms with Gasteiger partial charge in [0.25, 0.3) is 11.6 Å². The van der Waals surface area contributed by atoms with E-state index in [0.717, 1.165) is 26.5 Å². The summed E-state index contributed by atoms with van der Waals surface area (Å²) in [6.07, 6.45) is 1.74. The van der Waals surface area contributed by atoms with E-state index in [9.17, 15) is 14.9 Å². The highest BCUT2D eigenvalue weighted by molar-refractivity contribution is 7.21. The number of nitrogens with one attached hydrogen (secondary N) is 1. The second kappa shape index (κ2) is 7.40. The number of carbonyl (C=O) groups excluding carboxylic acids is 1. The number of rotatable bonds is 4. The van der Waals surface area contributed by atoms with E-state index in [1.807, 2.05) is 37.3 Å².